The molecule has 0 aliphatic rings. The highest BCUT2D eigenvalue weighted by molar-refractivity contribution is 6.33. The smallest absolute Gasteiger partial charge is 0.399 e. The van der Waals surface area contributed by atoms with Crippen molar-refractivity contribution in [3.05, 3.63) is 52.5 Å². The molecule has 0 heterocycles. The number of nitrogens with two attached hydrogens (primary N) is 2. The highest BCUT2D eigenvalue weighted by Gasteiger charge is 2.35. The molecule has 2 aromatic carbocycles. The predicted octanol–water partition coefficient (Wildman–Crippen LogP) is 4.63. The van der Waals surface area contributed by atoms with Gasteiger partial charge < -0.3 is 11.5 Å². The van der Waals surface area contributed by atoms with Crippen LogP contribution in [0.4, 0.5) is 18.9 Å². The molecule has 0 unspecified atom stereocenters. The van der Waals surface area contributed by atoms with Gasteiger partial charge in [-0.3, -0.25) is 0 Å². The van der Waals surface area contributed by atoms with Crippen molar-refractivity contribution in [1.29, 1.82) is 0 Å². The Balaban J connectivity index is 2.62. The second-order valence-electron chi connectivity index (χ2n) is 4.83. The van der Waals surface area contributed by atoms with Crippen molar-refractivity contribution in [3.63, 3.8) is 0 Å². The highest BCUT2D eigenvalue weighted by atomic mass is 35.5. The number of hydrogen-bond acceptors (Lipinski definition) is 2. The second kappa shape index (κ2) is 5.58. The fraction of sp³-hybridized carbons (Fsp3) is 0.200. The first-order valence-corrected chi connectivity index (χ1v) is 6.60. The standard InChI is InChI=1S/C15H14ClF3N2/c1-8(20)9-2-4-10(5-3-9)14-12(15(17,18)19)6-11(21)7-13(14)16/h2-8H,20-21H2,1H3/t8-/m0/s1. The number of alkyl halides is 3. The molecule has 0 fully saturated rings. The quantitative estimate of drug-likeness (QED) is 0.794. The number of hydrogen-bond donors (Lipinski definition) is 2. The Bertz CT molecular complexity index is 649. The molecule has 0 saturated heterocycles. The summed E-state index contributed by atoms with van der Waals surface area (Å²) in [5.74, 6) is 0. The van der Waals surface area contributed by atoms with Crippen LogP contribution in [0.5, 0.6) is 0 Å². The van der Waals surface area contributed by atoms with Gasteiger partial charge in [0.25, 0.3) is 0 Å². The van der Waals surface area contributed by atoms with Crippen LogP contribution < -0.4 is 11.5 Å². The number of halogens is 4. The number of rotatable bonds is 2. The molecule has 0 bridgehead atoms. The van der Waals surface area contributed by atoms with Crippen LogP contribution in [0.15, 0.2) is 36.4 Å². The van der Waals surface area contributed by atoms with Gasteiger partial charge in [0.1, 0.15) is 0 Å². The molecule has 21 heavy (non-hydrogen) atoms. The number of nitrogen functional groups attached to an aromatic ring is 1. The molecular weight excluding hydrogens is 301 g/mol. The van der Waals surface area contributed by atoms with Gasteiger partial charge in [-0.1, -0.05) is 35.9 Å². The van der Waals surface area contributed by atoms with E-state index in [1.54, 1.807) is 31.2 Å². The van der Waals surface area contributed by atoms with Crippen LogP contribution in [0, 0.1) is 0 Å². The van der Waals surface area contributed by atoms with E-state index < -0.39 is 11.7 Å². The van der Waals surface area contributed by atoms with Crippen LogP contribution in [-0.4, -0.2) is 0 Å². The molecule has 2 rings (SSSR count). The zero-order valence-corrected chi connectivity index (χ0v) is 12.0. The monoisotopic (exact) mass is 314 g/mol. The highest BCUT2D eigenvalue weighted by Crippen LogP contribution is 2.42. The molecule has 0 aliphatic heterocycles. The fourth-order valence-corrected chi connectivity index (χ4v) is 2.43. The lowest BCUT2D eigenvalue weighted by molar-refractivity contribution is -0.137. The zero-order chi connectivity index (χ0) is 15.8. The fourth-order valence-electron chi connectivity index (χ4n) is 2.10. The molecule has 112 valence electrons. The average Bonchev–Trinajstić information content (AvgIpc) is 2.37. The van der Waals surface area contributed by atoms with E-state index >= 15 is 0 Å². The summed E-state index contributed by atoms with van der Waals surface area (Å²) < 4.78 is 39.5. The van der Waals surface area contributed by atoms with E-state index in [1.165, 1.54) is 6.07 Å². The SMILES string of the molecule is C[C@H](N)c1ccc(-c2c(Cl)cc(N)cc2C(F)(F)F)cc1. The minimum Gasteiger partial charge on any atom is -0.399 e. The topological polar surface area (TPSA) is 52.0 Å². The van der Waals surface area contributed by atoms with E-state index in [0.717, 1.165) is 11.6 Å². The maximum atomic E-state index is 13.2. The summed E-state index contributed by atoms with van der Waals surface area (Å²) in [6.07, 6.45) is -4.53. The summed E-state index contributed by atoms with van der Waals surface area (Å²) in [6.45, 7) is 1.80. The number of anilines is 1. The summed E-state index contributed by atoms with van der Waals surface area (Å²) in [5, 5.41) is -0.0316. The van der Waals surface area contributed by atoms with Crippen LogP contribution in [-0.2, 0) is 6.18 Å². The first kappa shape index (κ1) is 15.7. The number of benzene rings is 2. The van der Waals surface area contributed by atoms with Gasteiger partial charge in [-0.25, -0.2) is 0 Å². The van der Waals surface area contributed by atoms with Gasteiger partial charge >= 0.3 is 6.18 Å². The molecule has 4 N–H and O–H groups in total. The molecule has 0 aromatic heterocycles. The van der Waals surface area contributed by atoms with Crippen molar-refractivity contribution in [1.82, 2.24) is 0 Å². The Hall–Kier alpha value is -1.72. The van der Waals surface area contributed by atoms with Crippen molar-refractivity contribution in [3.8, 4) is 11.1 Å². The van der Waals surface area contributed by atoms with Gasteiger partial charge in [-0.15, -0.1) is 0 Å². The first-order chi connectivity index (χ1) is 9.70. The lowest BCUT2D eigenvalue weighted by Gasteiger charge is -2.16. The maximum Gasteiger partial charge on any atom is 0.417 e. The van der Waals surface area contributed by atoms with E-state index in [4.69, 9.17) is 23.1 Å². The molecule has 1 atom stereocenters. The Labute approximate surface area is 125 Å². The minimum absolute atomic E-state index is 0.0247. The van der Waals surface area contributed by atoms with Crippen molar-refractivity contribution in [2.45, 2.75) is 19.1 Å². The molecule has 2 nitrogen and oxygen atoms in total. The predicted molar refractivity (Wildman–Crippen MR) is 78.9 cm³/mol. The van der Waals surface area contributed by atoms with Crippen LogP contribution in [0.25, 0.3) is 11.1 Å². The zero-order valence-electron chi connectivity index (χ0n) is 11.2. The molecule has 0 saturated carbocycles. The molecular formula is C15H14ClF3N2. The van der Waals surface area contributed by atoms with E-state index in [9.17, 15) is 13.2 Å². The normalized spacial score (nSPS) is 13.2. The third kappa shape index (κ3) is 3.31. The maximum absolute atomic E-state index is 13.2. The van der Waals surface area contributed by atoms with Crippen molar-refractivity contribution in [2.75, 3.05) is 5.73 Å². The summed E-state index contributed by atoms with van der Waals surface area (Å²) in [4.78, 5) is 0. The molecule has 6 heteroatoms. The van der Waals surface area contributed by atoms with E-state index in [0.29, 0.717) is 5.56 Å². The molecule has 0 amide bonds. The summed E-state index contributed by atoms with van der Waals surface area (Å²) in [5.41, 5.74) is 11.5. The minimum atomic E-state index is -4.53. The molecule has 0 aliphatic carbocycles. The Morgan fingerprint density at radius 3 is 2.14 bits per heavy atom. The Kier molecular flexibility index (Phi) is 4.16. The van der Waals surface area contributed by atoms with Crippen LogP contribution in [0.1, 0.15) is 24.1 Å². The van der Waals surface area contributed by atoms with Crippen LogP contribution >= 0.6 is 11.6 Å². The Morgan fingerprint density at radius 1 is 1.10 bits per heavy atom. The van der Waals surface area contributed by atoms with E-state index in [1.807, 2.05) is 0 Å². The van der Waals surface area contributed by atoms with Crippen molar-refractivity contribution in [2.24, 2.45) is 5.73 Å². The largest absolute Gasteiger partial charge is 0.417 e. The van der Waals surface area contributed by atoms with Gasteiger partial charge in [0.15, 0.2) is 0 Å². The lowest BCUT2D eigenvalue weighted by atomic mass is 9.96. The third-order valence-corrected chi connectivity index (χ3v) is 3.44. The van der Waals surface area contributed by atoms with Gasteiger partial charge in [-0.2, -0.15) is 13.2 Å². The average molecular weight is 315 g/mol. The summed E-state index contributed by atoms with van der Waals surface area (Å²) in [6, 6.07) is 8.53. The van der Waals surface area contributed by atoms with Gasteiger partial charge in [0.05, 0.1) is 10.6 Å². The summed E-state index contributed by atoms with van der Waals surface area (Å²) in [7, 11) is 0. The second-order valence-corrected chi connectivity index (χ2v) is 5.24. The van der Waals surface area contributed by atoms with Gasteiger partial charge in [-0.05, 0) is 30.2 Å². The van der Waals surface area contributed by atoms with Crippen molar-refractivity contribution < 1.29 is 13.2 Å². The van der Waals surface area contributed by atoms with E-state index in [-0.39, 0.29) is 22.3 Å². The third-order valence-electron chi connectivity index (χ3n) is 3.14. The van der Waals surface area contributed by atoms with Crippen LogP contribution in [0.3, 0.4) is 0 Å². The molecule has 2 aromatic rings. The molecule has 0 radical (unpaired) electrons. The first-order valence-electron chi connectivity index (χ1n) is 6.22. The van der Waals surface area contributed by atoms with Crippen molar-refractivity contribution >= 4 is 17.3 Å². The van der Waals surface area contributed by atoms with Crippen LogP contribution in [0.2, 0.25) is 5.02 Å². The lowest BCUT2D eigenvalue weighted by Crippen LogP contribution is -2.09. The Morgan fingerprint density at radius 2 is 1.67 bits per heavy atom. The van der Waals surface area contributed by atoms with E-state index in [2.05, 4.69) is 0 Å². The van der Waals surface area contributed by atoms with Gasteiger partial charge in [0.2, 0.25) is 0 Å². The molecule has 0 spiro atoms. The van der Waals surface area contributed by atoms with Gasteiger partial charge in [0, 0.05) is 17.3 Å². The summed E-state index contributed by atoms with van der Waals surface area (Å²) >= 11 is 5.97.